The molecule has 0 aliphatic rings. The fourth-order valence-electron chi connectivity index (χ4n) is 1.61. The number of hydrogen-bond donors (Lipinski definition) is 0. The molecule has 0 aliphatic carbocycles. The van der Waals surface area contributed by atoms with E-state index in [2.05, 4.69) is 27.8 Å². The molecular formula is C16H13BrO2. The summed E-state index contributed by atoms with van der Waals surface area (Å²) < 4.78 is 11.4. The minimum absolute atomic E-state index is 0.689. The van der Waals surface area contributed by atoms with E-state index in [-0.39, 0.29) is 0 Å². The summed E-state index contributed by atoms with van der Waals surface area (Å²) in [6, 6.07) is 13.5. The minimum Gasteiger partial charge on any atom is -0.497 e. The number of methoxy groups -OCH3 is 2. The van der Waals surface area contributed by atoms with Crippen molar-refractivity contribution in [1.29, 1.82) is 0 Å². The van der Waals surface area contributed by atoms with Crippen LogP contribution in [-0.4, -0.2) is 14.2 Å². The van der Waals surface area contributed by atoms with Crippen molar-refractivity contribution in [2.75, 3.05) is 14.2 Å². The van der Waals surface area contributed by atoms with Gasteiger partial charge in [-0.1, -0.05) is 30.0 Å². The molecule has 0 amide bonds. The monoisotopic (exact) mass is 316 g/mol. The van der Waals surface area contributed by atoms with E-state index in [9.17, 15) is 0 Å². The topological polar surface area (TPSA) is 18.5 Å². The Morgan fingerprint density at radius 1 is 0.947 bits per heavy atom. The third-order valence-corrected chi connectivity index (χ3v) is 3.21. The molecule has 0 saturated heterocycles. The van der Waals surface area contributed by atoms with Gasteiger partial charge in [0.15, 0.2) is 0 Å². The van der Waals surface area contributed by atoms with Crippen LogP contribution in [0.5, 0.6) is 11.5 Å². The predicted molar refractivity (Wildman–Crippen MR) is 79.7 cm³/mol. The molecule has 0 fully saturated rings. The highest BCUT2D eigenvalue weighted by molar-refractivity contribution is 9.10. The van der Waals surface area contributed by atoms with E-state index in [0.717, 1.165) is 21.3 Å². The van der Waals surface area contributed by atoms with Crippen LogP contribution in [0.3, 0.4) is 0 Å². The van der Waals surface area contributed by atoms with Gasteiger partial charge in [0, 0.05) is 16.1 Å². The lowest BCUT2D eigenvalue weighted by Gasteiger charge is -2.08. The average Bonchev–Trinajstić information content (AvgIpc) is 2.46. The lowest BCUT2D eigenvalue weighted by molar-refractivity contribution is 0.393. The summed E-state index contributed by atoms with van der Waals surface area (Å²) in [6.45, 7) is 0. The Hall–Kier alpha value is -1.92. The maximum atomic E-state index is 5.34. The molecule has 0 heterocycles. The van der Waals surface area contributed by atoms with Crippen LogP contribution in [0.2, 0.25) is 0 Å². The molecule has 0 spiro atoms. The van der Waals surface area contributed by atoms with Crippen LogP contribution in [0.1, 0.15) is 11.1 Å². The van der Waals surface area contributed by atoms with Gasteiger partial charge in [-0.15, -0.1) is 0 Å². The van der Waals surface area contributed by atoms with Gasteiger partial charge in [0.2, 0.25) is 0 Å². The van der Waals surface area contributed by atoms with Gasteiger partial charge in [-0.3, -0.25) is 0 Å². The first kappa shape index (κ1) is 13.5. The fourth-order valence-corrected chi connectivity index (χ4v) is 2.13. The van der Waals surface area contributed by atoms with E-state index < -0.39 is 0 Å². The number of hydrogen-bond acceptors (Lipinski definition) is 2. The second-order valence-corrected chi connectivity index (χ2v) is 4.66. The Kier molecular flexibility index (Phi) is 4.48. The molecule has 3 heteroatoms. The molecule has 0 radical (unpaired) electrons. The Morgan fingerprint density at radius 3 is 2.32 bits per heavy atom. The molecule has 2 nitrogen and oxygen atoms in total. The number of ether oxygens (including phenoxy) is 2. The summed E-state index contributed by atoms with van der Waals surface area (Å²) in [7, 11) is 3.24. The molecule has 0 aromatic heterocycles. The molecule has 0 saturated carbocycles. The minimum atomic E-state index is 0.689. The highest BCUT2D eigenvalue weighted by Gasteiger charge is 2.08. The Bertz CT molecular complexity index is 624. The van der Waals surface area contributed by atoms with Crippen LogP contribution in [0.25, 0.3) is 0 Å². The van der Waals surface area contributed by atoms with Gasteiger partial charge in [-0.05, 0) is 34.1 Å². The van der Waals surface area contributed by atoms with E-state index >= 15 is 0 Å². The first-order chi connectivity index (χ1) is 9.24. The average molecular weight is 317 g/mol. The smallest absolute Gasteiger partial charge is 0.139 e. The van der Waals surface area contributed by atoms with Crippen LogP contribution < -0.4 is 9.47 Å². The van der Waals surface area contributed by atoms with Gasteiger partial charge in [-0.25, -0.2) is 0 Å². The van der Waals surface area contributed by atoms with E-state index in [0.29, 0.717) is 5.75 Å². The third-order valence-electron chi connectivity index (χ3n) is 2.59. The quantitative estimate of drug-likeness (QED) is 0.783. The van der Waals surface area contributed by atoms with Gasteiger partial charge >= 0.3 is 0 Å². The first-order valence-corrected chi connectivity index (χ1v) is 6.52. The van der Waals surface area contributed by atoms with Gasteiger partial charge in [-0.2, -0.15) is 0 Å². The Labute approximate surface area is 121 Å². The van der Waals surface area contributed by atoms with Crippen LogP contribution in [-0.2, 0) is 0 Å². The van der Waals surface area contributed by atoms with Crippen LogP contribution in [0.15, 0.2) is 46.9 Å². The highest BCUT2D eigenvalue weighted by Crippen LogP contribution is 2.31. The zero-order valence-electron chi connectivity index (χ0n) is 10.7. The molecule has 0 atom stereocenters. The fraction of sp³-hybridized carbons (Fsp3) is 0.125. The number of halogens is 1. The van der Waals surface area contributed by atoms with Gasteiger partial charge in [0.25, 0.3) is 0 Å². The zero-order valence-corrected chi connectivity index (χ0v) is 12.3. The SMILES string of the molecule is COc1cc(Br)c(C#Cc2ccccc2)c(OC)c1. The zero-order chi connectivity index (χ0) is 13.7. The summed E-state index contributed by atoms with van der Waals surface area (Å²) >= 11 is 3.49. The van der Waals surface area contributed by atoms with Gasteiger partial charge in [0.1, 0.15) is 11.5 Å². The van der Waals surface area contributed by atoms with Crippen LogP contribution >= 0.6 is 15.9 Å². The molecule has 0 bridgehead atoms. The molecule has 2 aromatic rings. The third kappa shape index (κ3) is 3.30. The normalized spacial score (nSPS) is 9.42. The standard InChI is InChI=1S/C16H13BrO2/c1-18-13-10-15(17)14(16(11-13)19-2)9-8-12-6-4-3-5-7-12/h3-7,10-11H,1-2H3. The van der Waals surface area contributed by atoms with Crippen LogP contribution in [0.4, 0.5) is 0 Å². The predicted octanol–water partition coefficient (Wildman–Crippen LogP) is 3.87. The van der Waals surface area contributed by atoms with Crippen molar-refractivity contribution < 1.29 is 9.47 Å². The maximum absolute atomic E-state index is 5.34. The largest absolute Gasteiger partial charge is 0.497 e. The molecule has 0 aliphatic heterocycles. The molecule has 0 unspecified atom stereocenters. The van der Waals surface area contributed by atoms with E-state index in [4.69, 9.17) is 9.47 Å². The molecule has 19 heavy (non-hydrogen) atoms. The van der Waals surface area contributed by atoms with Crippen molar-refractivity contribution in [2.24, 2.45) is 0 Å². The molecule has 96 valence electrons. The summed E-state index contributed by atoms with van der Waals surface area (Å²) in [5.74, 6) is 7.66. The van der Waals surface area contributed by atoms with Crippen molar-refractivity contribution in [3.05, 3.63) is 58.1 Å². The number of rotatable bonds is 2. The van der Waals surface area contributed by atoms with E-state index in [1.807, 2.05) is 42.5 Å². The second-order valence-electron chi connectivity index (χ2n) is 3.80. The highest BCUT2D eigenvalue weighted by atomic mass is 79.9. The van der Waals surface area contributed by atoms with Gasteiger partial charge in [0.05, 0.1) is 19.8 Å². The van der Waals surface area contributed by atoms with Crippen molar-refractivity contribution in [3.63, 3.8) is 0 Å². The number of benzene rings is 2. The first-order valence-electron chi connectivity index (χ1n) is 5.73. The van der Waals surface area contributed by atoms with Crippen molar-refractivity contribution in [1.82, 2.24) is 0 Å². The Morgan fingerprint density at radius 2 is 1.68 bits per heavy atom. The summed E-state index contributed by atoms with van der Waals surface area (Å²) in [4.78, 5) is 0. The lowest BCUT2D eigenvalue weighted by atomic mass is 10.1. The van der Waals surface area contributed by atoms with Gasteiger partial charge < -0.3 is 9.47 Å². The summed E-state index contributed by atoms with van der Waals surface area (Å²) in [5.41, 5.74) is 1.78. The van der Waals surface area contributed by atoms with Crippen LogP contribution in [0, 0.1) is 11.8 Å². The molecule has 2 aromatic carbocycles. The second kappa shape index (κ2) is 6.31. The maximum Gasteiger partial charge on any atom is 0.139 e. The lowest BCUT2D eigenvalue weighted by Crippen LogP contribution is -1.92. The van der Waals surface area contributed by atoms with Crippen molar-refractivity contribution in [3.8, 4) is 23.3 Å². The van der Waals surface area contributed by atoms with Crippen molar-refractivity contribution >= 4 is 15.9 Å². The molecule has 0 N–H and O–H groups in total. The van der Waals surface area contributed by atoms with Crippen molar-refractivity contribution in [2.45, 2.75) is 0 Å². The molecular weight excluding hydrogens is 304 g/mol. The Balaban J connectivity index is 2.43. The molecule has 2 rings (SSSR count). The van der Waals surface area contributed by atoms with E-state index in [1.54, 1.807) is 14.2 Å². The summed E-state index contributed by atoms with van der Waals surface area (Å²) in [5, 5.41) is 0. The van der Waals surface area contributed by atoms with E-state index in [1.165, 1.54) is 0 Å². The summed E-state index contributed by atoms with van der Waals surface area (Å²) in [6.07, 6.45) is 0.